The number of rotatable bonds is 22. The molecule has 0 aliphatic carbocycles. The van der Waals surface area contributed by atoms with Crippen molar-refractivity contribution in [2.45, 2.75) is 166 Å². The number of nitrogen functional groups attached to an aromatic ring is 2. The number of hydrogen-bond acceptors (Lipinski definition) is 14. The summed E-state index contributed by atoms with van der Waals surface area (Å²) in [6.07, 6.45) is 29.0. The summed E-state index contributed by atoms with van der Waals surface area (Å²) >= 11 is 7.11. The molecule has 7 aromatic heterocycles. The zero-order valence-corrected chi connectivity index (χ0v) is 58.5. The summed E-state index contributed by atoms with van der Waals surface area (Å²) in [5, 5.41) is 7.77. The number of hydrogen-bond donors (Lipinski definition) is 2. The molecule has 428 valence electrons. The Morgan fingerprint density at radius 1 is 0.475 bits per heavy atom. The van der Waals surface area contributed by atoms with E-state index in [-0.39, 0.29) is 0 Å². The number of pyridine rings is 2. The van der Waals surface area contributed by atoms with E-state index in [0.717, 1.165) is 59.2 Å². The third-order valence-corrected chi connectivity index (χ3v) is 49.3. The first-order valence-corrected chi connectivity index (χ1v) is 48.8. The first-order chi connectivity index (χ1) is 38.7. The first kappa shape index (κ1) is 66.9. The third-order valence-electron chi connectivity index (χ3n) is 13.8. The van der Waals surface area contributed by atoms with Crippen molar-refractivity contribution in [2.24, 2.45) is 0 Å². The molecule has 0 atom stereocenters. The van der Waals surface area contributed by atoms with E-state index in [1.807, 2.05) is 91.4 Å². The molecule has 0 unspecified atom stereocenters. The van der Waals surface area contributed by atoms with Crippen LogP contribution in [0.15, 0.2) is 109 Å². The number of fused-ring (bicyclic) bond motifs is 2. The SMILES string of the molecule is CCC[CH2][Sn]([CH2]CCC)([CH2]CCC)[c]1cnc(C)s1.CCC[CH2][Sn]([Cl])([CH2]CCC)[CH2]CCC.Cc1ncc(-c2nc(N)cnc2-c2ccc3ncccc3c2)s1.Cc1nccs1.Nc1cnc(-c2ccc3ncccc3c2)c(Cl)n1. The number of aromatic nitrogens is 9. The molecular weight excluding hydrogens is 1300 g/mol. The predicted octanol–water partition coefficient (Wildman–Crippen LogP) is 19.2. The van der Waals surface area contributed by atoms with E-state index in [9.17, 15) is 0 Å². The Morgan fingerprint density at radius 3 is 1.38 bits per heavy atom. The largest absolute Gasteiger partial charge is 0.382 e. The number of halogens is 2. The second kappa shape index (κ2) is 35.9. The van der Waals surface area contributed by atoms with Crippen LogP contribution in [0.5, 0.6) is 0 Å². The number of benzene rings is 2. The van der Waals surface area contributed by atoms with E-state index in [1.54, 1.807) is 63.7 Å². The van der Waals surface area contributed by atoms with Crippen LogP contribution < -0.4 is 14.4 Å². The van der Waals surface area contributed by atoms with Crippen LogP contribution in [0, 0.1) is 20.8 Å². The van der Waals surface area contributed by atoms with Gasteiger partial charge in [-0.3, -0.25) is 19.9 Å². The quantitative estimate of drug-likeness (QED) is 0.0620. The number of thiazole rings is 3. The standard InChI is InChI=1S/C17H13N5S.C13H9ClN4.C4H5NS.C4H4NS.6C4H9.ClH.2Sn/c1-10-20-8-14(23-10)17-16(21-9-15(18)22-17)12-4-5-13-11(7-12)3-2-6-19-13;14-13-12(17-7-11(15)18-13)9-3-4-10-8(6-9)2-1-5-16-10;2*1-4-5-2-3-6-4;6*1-3-4-2;;;/h2-9H,1H3,(H2,18,22);1-7H,(H2,15,18);2-3H,1H3;2H,1H3;6*1,3-4H2,2H3;1H;;/q;;;;;;;;;;;;+1/p-1. The number of nitrogens with zero attached hydrogens (tertiary/aromatic N) is 9. The van der Waals surface area contributed by atoms with Crippen LogP contribution in [0.4, 0.5) is 11.6 Å². The summed E-state index contributed by atoms with van der Waals surface area (Å²) in [5.74, 6) is 0.712. The van der Waals surface area contributed by atoms with Gasteiger partial charge in [-0.1, -0.05) is 35.9 Å². The molecule has 0 bridgehead atoms. The van der Waals surface area contributed by atoms with Crippen LogP contribution in [0.25, 0.3) is 54.9 Å². The molecule has 80 heavy (non-hydrogen) atoms. The fourth-order valence-electron chi connectivity index (χ4n) is 9.32. The smallest absolute Gasteiger partial charge is 0.157 e. The van der Waals surface area contributed by atoms with Gasteiger partial charge in [0.2, 0.25) is 0 Å². The number of unbranched alkanes of at least 4 members (excludes halogenated alkanes) is 6. The van der Waals surface area contributed by atoms with Gasteiger partial charge in [0.05, 0.1) is 44.0 Å². The van der Waals surface area contributed by atoms with Gasteiger partial charge < -0.3 is 11.5 Å². The zero-order chi connectivity index (χ0) is 57.8. The molecule has 18 heteroatoms. The van der Waals surface area contributed by atoms with Crippen LogP contribution in [0.3, 0.4) is 0 Å². The molecule has 0 fully saturated rings. The van der Waals surface area contributed by atoms with E-state index >= 15 is 0 Å². The van der Waals surface area contributed by atoms with Crippen molar-refractivity contribution in [3.63, 3.8) is 0 Å². The summed E-state index contributed by atoms with van der Waals surface area (Å²) in [6.45, 7) is 20.0. The summed E-state index contributed by atoms with van der Waals surface area (Å²) in [5.41, 5.74) is 17.3. The van der Waals surface area contributed by atoms with Crippen LogP contribution in [-0.2, 0) is 0 Å². The second-order valence-corrected chi connectivity index (χ2v) is 54.7. The molecule has 0 saturated carbocycles. The molecule has 0 aliphatic rings. The van der Waals surface area contributed by atoms with Gasteiger partial charge >= 0.3 is 227 Å². The maximum absolute atomic E-state index is 6.89. The minimum atomic E-state index is -2.12. The van der Waals surface area contributed by atoms with Gasteiger partial charge in [-0.05, 0) is 50.2 Å². The Balaban J connectivity index is 0.000000192. The molecule has 9 aromatic rings. The molecule has 0 saturated heterocycles. The molecule has 9 rings (SSSR count). The van der Waals surface area contributed by atoms with Gasteiger partial charge in [0.25, 0.3) is 0 Å². The Hall–Kier alpha value is -3.91. The summed E-state index contributed by atoms with van der Waals surface area (Å²) in [6, 6.07) is 19.7. The molecule has 0 radical (unpaired) electrons. The van der Waals surface area contributed by atoms with Crippen LogP contribution >= 0.6 is 54.5 Å². The Kier molecular flexibility index (Phi) is 30.0. The maximum atomic E-state index is 6.89. The van der Waals surface area contributed by atoms with Crippen LogP contribution in [-0.4, -0.2) is 80.5 Å². The van der Waals surface area contributed by atoms with E-state index < -0.39 is 35.6 Å². The molecule has 11 nitrogen and oxygen atoms in total. The van der Waals surface area contributed by atoms with Crippen molar-refractivity contribution in [2.75, 3.05) is 11.5 Å². The number of anilines is 2. The monoisotopic (exact) mass is 1390 g/mol. The van der Waals surface area contributed by atoms with Crippen LogP contribution in [0.2, 0.25) is 31.8 Å². The van der Waals surface area contributed by atoms with Gasteiger partial charge in [-0.25, -0.2) is 19.9 Å². The Morgan fingerprint density at radius 2 is 0.950 bits per heavy atom. The molecule has 0 spiro atoms. The normalized spacial score (nSPS) is 11.2. The van der Waals surface area contributed by atoms with Gasteiger partial charge in [0, 0.05) is 52.1 Å². The van der Waals surface area contributed by atoms with Crippen molar-refractivity contribution < 1.29 is 0 Å². The minimum absolute atomic E-state index is 0.304. The predicted molar refractivity (Wildman–Crippen MR) is 354 cm³/mol. The van der Waals surface area contributed by atoms with Gasteiger partial charge in [-0.15, -0.1) is 22.7 Å². The van der Waals surface area contributed by atoms with Crippen LogP contribution in [0.1, 0.15) is 134 Å². The van der Waals surface area contributed by atoms with E-state index in [2.05, 4.69) is 106 Å². The average molecular weight is 1390 g/mol. The molecule has 0 amide bonds. The van der Waals surface area contributed by atoms with Gasteiger partial charge in [-0.2, -0.15) is 0 Å². The number of aryl methyl sites for hydroxylation is 3. The van der Waals surface area contributed by atoms with E-state index in [1.165, 1.54) is 102 Å². The average Bonchev–Trinajstić information content (AvgIpc) is 4.27. The Bertz CT molecular complexity index is 3150. The second-order valence-electron chi connectivity index (χ2n) is 20.3. The first-order valence-electron chi connectivity index (χ1n) is 28.7. The minimum Gasteiger partial charge on any atom is -0.382 e. The summed E-state index contributed by atoms with van der Waals surface area (Å²) < 4.78 is 10.7. The van der Waals surface area contributed by atoms with E-state index in [4.69, 9.17) is 32.0 Å². The summed E-state index contributed by atoms with van der Waals surface area (Å²) in [4.78, 5) is 39.6. The van der Waals surface area contributed by atoms with E-state index in [0.29, 0.717) is 22.5 Å². The topological polar surface area (TPSA) is 168 Å². The maximum Gasteiger partial charge on any atom is 0.157 e. The molecule has 4 N–H and O–H groups in total. The van der Waals surface area contributed by atoms with Crippen molar-refractivity contribution in [3.8, 4) is 33.1 Å². The number of nitrogens with two attached hydrogens (primary N) is 2. The Labute approximate surface area is 506 Å². The third kappa shape index (κ3) is 21.7. The van der Waals surface area contributed by atoms with Crippen molar-refractivity contribution in [1.29, 1.82) is 0 Å². The molecular formula is C62H85Cl2N11S3Sn2. The molecule has 0 aliphatic heterocycles. The fourth-order valence-corrected chi connectivity index (χ4v) is 44.0. The van der Waals surface area contributed by atoms with Crippen molar-refractivity contribution >= 4 is 126 Å². The van der Waals surface area contributed by atoms with Gasteiger partial charge in [0.15, 0.2) is 5.15 Å². The zero-order valence-electron chi connectivity index (χ0n) is 48.8. The van der Waals surface area contributed by atoms with Gasteiger partial charge in [0.1, 0.15) is 23.0 Å². The fraction of sp³-hybridized carbons (Fsp3) is 0.435. The summed E-state index contributed by atoms with van der Waals surface area (Å²) in [7, 11) is 6.89. The van der Waals surface area contributed by atoms with Crippen molar-refractivity contribution in [1.82, 2.24) is 44.9 Å². The van der Waals surface area contributed by atoms with Crippen molar-refractivity contribution in [3.05, 3.63) is 130 Å². The molecule has 2 aromatic carbocycles. The molecule has 7 heterocycles.